The highest BCUT2D eigenvalue weighted by Gasteiger charge is 2.27. The van der Waals surface area contributed by atoms with Crippen LogP contribution in [0.4, 0.5) is 4.79 Å². The topological polar surface area (TPSA) is 83.7 Å². The number of carbonyl (C=O) groups excluding carboxylic acids is 1. The van der Waals surface area contributed by atoms with Crippen LogP contribution in [-0.4, -0.2) is 36.9 Å². The van der Waals surface area contributed by atoms with Crippen LogP contribution in [0.2, 0.25) is 0 Å². The van der Waals surface area contributed by atoms with Crippen LogP contribution < -0.4 is 10.6 Å². The van der Waals surface area contributed by atoms with Crippen LogP contribution in [0.5, 0.6) is 0 Å². The van der Waals surface area contributed by atoms with Crippen LogP contribution >= 0.6 is 0 Å². The summed E-state index contributed by atoms with van der Waals surface area (Å²) in [5.74, 6) is 1.17. The molecule has 1 aliphatic rings. The Balaban J connectivity index is 1.56. The number of aliphatic hydroxyl groups is 1. The zero-order chi connectivity index (χ0) is 17.4. The van der Waals surface area contributed by atoms with Crippen LogP contribution in [0.1, 0.15) is 57.0 Å². The van der Waals surface area contributed by atoms with Gasteiger partial charge in [0.2, 0.25) is 0 Å². The van der Waals surface area contributed by atoms with E-state index in [0.717, 1.165) is 25.0 Å². The molecule has 3 N–H and O–H groups in total. The zero-order valence-electron chi connectivity index (χ0n) is 14.8. The molecule has 1 aromatic rings. The molecule has 6 heteroatoms. The first kappa shape index (κ1) is 18.8. The van der Waals surface area contributed by atoms with Crippen LogP contribution in [0.3, 0.4) is 0 Å². The molecule has 1 atom stereocenters. The lowest BCUT2D eigenvalue weighted by Gasteiger charge is -2.22. The average Bonchev–Trinajstić information content (AvgIpc) is 3.01. The van der Waals surface area contributed by atoms with E-state index >= 15 is 0 Å². The van der Waals surface area contributed by atoms with Gasteiger partial charge in [0.15, 0.2) is 0 Å². The Morgan fingerprint density at radius 2 is 2.08 bits per heavy atom. The summed E-state index contributed by atoms with van der Waals surface area (Å²) < 4.78 is 11.2. The molecule has 1 saturated carbocycles. The fraction of sp³-hybridized carbons (Fsp3) is 0.722. The molecule has 1 unspecified atom stereocenters. The summed E-state index contributed by atoms with van der Waals surface area (Å²) in [6.07, 6.45) is 7.37. The van der Waals surface area contributed by atoms with Gasteiger partial charge in [-0.15, -0.1) is 0 Å². The van der Waals surface area contributed by atoms with Crippen molar-refractivity contribution in [1.82, 2.24) is 10.6 Å². The molecule has 1 fully saturated rings. The Bertz CT molecular complexity index is 507. The van der Waals surface area contributed by atoms with E-state index in [9.17, 15) is 9.90 Å². The number of ether oxygens (including phenoxy) is 1. The van der Waals surface area contributed by atoms with E-state index in [1.807, 2.05) is 6.92 Å². The van der Waals surface area contributed by atoms with Gasteiger partial charge in [-0.3, -0.25) is 0 Å². The van der Waals surface area contributed by atoms with E-state index in [1.54, 1.807) is 19.1 Å². The van der Waals surface area contributed by atoms with E-state index in [0.29, 0.717) is 25.0 Å². The Kier molecular flexibility index (Phi) is 7.12. The number of carbonyl (C=O) groups is 1. The van der Waals surface area contributed by atoms with Crippen molar-refractivity contribution in [2.45, 2.75) is 64.1 Å². The second-order valence-electron chi connectivity index (χ2n) is 6.78. The summed E-state index contributed by atoms with van der Waals surface area (Å²) in [6, 6.07) is 3.21. The van der Waals surface area contributed by atoms with E-state index < -0.39 is 5.60 Å². The lowest BCUT2D eigenvalue weighted by molar-refractivity contribution is 0.0272. The van der Waals surface area contributed by atoms with Crippen molar-refractivity contribution >= 4 is 6.03 Å². The highest BCUT2D eigenvalue weighted by atomic mass is 16.5. The van der Waals surface area contributed by atoms with Gasteiger partial charge in [0.25, 0.3) is 0 Å². The largest absolute Gasteiger partial charge is 0.463 e. The number of aryl methyl sites for hydroxylation is 1. The molecule has 0 radical (unpaired) electrons. The number of hydrogen-bond acceptors (Lipinski definition) is 4. The molecule has 0 aliphatic heterocycles. The first-order valence-corrected chi connectivity index (χ1v) is 8.90. The maximum absolute atomic E-state index is 11.8. The molecule has 24 heavy (non-hydrogen) atoms. The van der Waals surface area contributed by atoms with Crippen LogP contribution in [-0.2, 0) is 10.3 Å². The van der Waals surface area contributed by atoms with Crippen molar-refractivity contribution in [1.29, 1.82) is 0 Å². The van der Waals surface area contributed by atoms with Gasteiger partial charge in [-0.25, -0.2) is 4.79 Å². The molecule has 2 rings (SSSR count). The van der Waals surface area contributed by atoms with Gasteiger partial charge >= 0.3 is 6.03 Å². The fourth-order valence-corrected chi connectivity index (χ4v) is 2.88. The fourth-order valence-electron chi connectivity index (χ4n) is 2.88. The number of amides is 2. The molecule has 0 spiro atoms. The number of urea groups is 1. The molecule has 136 valence electrons. The number of furan rings is 1. The monoisotopic (exact) mass is 338 g/mol. The third kappa shape index (κ3) is 6.17. The highest BCUT2D eigenvalue weighted by molar-refractivity contribution is 5.73. The van der Waals surface area contributed by atoms with E-state index in [1.165, 1.54) is 19.3 Å². The molecule has 0 saturated heterocycles. The van der Waals surface area contributed by atoms with Crippen LogP contribution in [0.25, 0.3) is 0 Å². The quantitative estimate of drug-likeness (QED) is 0.637. The normalized spacial score (nSPS) is 18.1. The second-order valence-corrected chi connectivity index (χ2v) is 6.78. The summed E-state index contributed by atoms with van der Waals surface area (Å²) in [6.45, 7) is 4.75. The standard InChI is InChI=1S/C18H30N2O4/c1-14-9-10-16(24-14)18(2,22)13-20-17(21)19-11-6-12-23-15-7-4-3-5-8-15/h9-10,15,22H,3-8,11-13H2,1-2H3,(H2,19,20,21). The molecule has 2 amide bonds. The van der Waals surface area contributed by atoms with Crippen molar-refractivity contribution in [3.8, 4) is 0 Å². The molecule has 1 aromatic heterocycles. The predicted molar refractivity (Wildman–Crippen MR) is 91.9 cm³/mol. The molecule has 0 bridgehead atoms. The molecular formula is C18H30N2O4. The Labute approximate surface area is 143 Å². The summed E-state index contributed by atoms with van der Waals surface area (Å²) in [7, 11) is 0. The lowest BCUT2D eigenvalue weighted by atomic mass is 9.98. The van der Waals surface area contributed by atoms with Crippen LogP contribution in [0, 0.1) is 6.92 Å². The minimum Gasteiger partial charge on any atom is -0.463 e. The van der Waals surface area contributed by atoms with E-state index in [-0.39, 0.29) is 12.6 Å². The third-order valence-electron chi connectivity index (χ3n) is 4.38. The Morgan fingerprint density at radius 1 is 1.33 bits per heavy atom. The number of nitrogens with one attached hydrogen (secondary N) is 2. The Hall–Kier alpha value is -1.53. The third-order valence-corrected chi connectivity index (χ3v) is 4.38. The van der Waals surface area contributed by atoms with Gasteiger partial charge in [0, 0.05) is 13.2 Å². The summed E-state index contributed by atoms with van der Waals surface area (Å²) in [5.41, 5.74) is -1.23. The first-order valence-electron chi connectivity index (χ1n) is 8.90. The molecule has 1 heterocycles. The van der Waals surface area contributed by atoms with Crippen molar-refractivity contribution in [2.75, 3.05) is 19.7 Å². The van der Waals surface area contributed by atoms with Crippen molar-refractivity contribution in [3.05, 3.63) is 23.7 Å². The SMILES string of the molecule is Cc1ccc(C(C)(O)CNC(=O)NCCCOC2CCCCC2)o1. The lowest BCUT2D eigenvalue weighted by Crippen LogP contribution is -2.43. The van der Waals surface area contributed by atoms with Gasteiger partial charge in [0.1, 0.15) is 17.1 Å². The minimum atomic E-state index is -1.23. The van der Waals surface area contributed by atoms with Gasteiger partial charge in [-0.1, -0.05) is 19.3 Å². The first-order chi connectivity index (χ1) is 11.5. The van der Waals surface area contributed by atoms with Crippen molar-refractivity contribution < 1.29 is 19.1 Å². The summed E-state index contributed by atoms with van der Waals surface area (Å²) in [5, 5.41) is 15.8. The zero-order valence-corrected chi connectivity index (χ0v) is 14.8. The summed E-state index contributed by atoms with van der Waals surface area (Å²) in [4.78, 5) is 11.8. The number of rotatable bonds is 8. The predicted octanol–water partition coefficient (Wildman–Crippen LogP) is 2.83. The van der Waals surface area contributed by atoms with E-state index in [4.69, 9.17) is 9.15 Å². The second kappa shape index (κ2) is 9.08. The minimum absolute atomic E-state index is 0.0877. The molecular weight excluding hydrogens is 308 g/mol. The van der Waals surface area contributed by atoms with E-state index in [2.05, 4.69) is 10.6 Å². The number of hydrogen-bond donors (Lipinski definition) is 3. The van der Waals surface area contributed by atoms with Gasteiger partial charge in [-0.05, 0) is 45.2 Å². The maximum Gasteiger partial charge on any atom is 0.314 e. The molecule has 6 nitrogen and oxygen atoms in total. The molecule has 0 aromatic carbocycles. The maximum atomic E-state index is 11.8. The summed E-state index contributed by atoms with van der Waals surface area (Å²) >= 11 is 0. The van der Waals surface area contributed by atoms with Crippen molar-refractivity contribution in [3.63, 3.8) is 0 Å². The smallest absolute Gasteiger partial charge is 0.314 e. The highest BCUT2D eigenvalue weighted by Crippen LogP contribution is 2.22. The van der Waals surface area contributed by atoms with Gasteiger partial charge in [0.05, 0.1) is 12.6 Å². The van der Waals surface area contributed by atoms with Gasteiger partial charge < -0.3 is 24.9 Å². The average molecular weight is 338 g/mol. The molecule has 1 aliphatic carbocycles. The van der Waals surface area contributed by atoms with Crippen LogP contribution in [0.15, 0.2) is 16.5 Å². The Morgan fingerprint density at radius 3 is 2.75 bits per heavy atom. The van der Waals surface area contributed by atoms with Crippen molar-refractivity contribution in [2.24, 2.45) is 0 Å². The van der Waals surface area contributed by atoms with Gasteiger partial charge in [-0.2, -0.15) is 0 Å².